The van der Waals surface area contributed by atoms with Gasteiger partial charge < -0.3 is 5.32 Å². The quantitative estimate of drug-likeness (QED) is 0.750. The summed E-state index contributed by atoms with van der Waals surface area (Å²) < 4.78 is 13.3. The van der Waals surface area contributed by atoms with Crippen LogP contribution < -0.4 is 5.32 Å². The summed E-state index contributed by atoms with van der Waals surface area (Å²) in [4.78, 5) is 0. The monoisotopic (exact) mass is 297 g/mol. The first-order valence-corrected chi connectivity index (χ1v) is 6.77. The number of anilines is 1. The van der Waals surface area contributed by atoms with Crippen LogP contribution in [0.1, 0.15) is 18.4 Å². The number of benzene rings is 2. The number of hydrogen-bond acceptors (Lipinski definition) is 1. The lowest BCUT2D eigenvalue weighted by Gasteiger charge is -2.14. The van der Waals surface area contributed by atoms with Crippen molar-refractivity contribution in [2.45, 2.75) is 12.8 Å². The molecule has 0 aliphatic heterocycles. The first-order chi connectivity index (χ1) is 9.08. The number of nitrogens with one attached hydrogen (secondary N) is 1. The van der Waals surface area contributed by atoms with Crippen molar-refractivity contribution in [1.29, 1.82) is 0 Å². The van der Waals surface area contributed by atoms with Crippen LogP contribution in [0.15, 0.2) is 42.5 Å². The summed E-state index contributed by atoms with van der Waals surface area (Å²) in [5, 5.41) is 3.28. The van der Waals surface area contributed by atoms with E-state index in [0.29, 0.717) is 5.92 Å². The SMILES string of the molecule is CC(CNc1cc(Cl)c(F)c(Cl)c1)c1ccccc1. The fraction of sp³-hybridized carbons (Fsp3) is 0.200. The molecular formula is C15H14Cl2FN. The van der Waals surface area contributed by atoms with E-state index in [2.05, 4.69) is 24.4 Å². The average molecular weight is 298 g/mol. The summed E-state index contributed by atoms with van der Waals surface area (Å²) >= 11 is 11.5. The Kier molecular flexibility index (Phi) is 4.67. The highest BCUT2D eigenvalue weighted by Crippen LogP contribution is 2.27. The molecule has 19 heavy (non-hydrogen) atoms. The third-order valence-corrected chi connectivity index (χ3v) is 3.51. The van der Waals surface area contributed by atoms with Crippen molar-refractivity contribution in [1.82, 2.24) is 0 Å². The van der Waals surface area contributed by atoms with E-state index in [9.17, 15) is 4.39 Å². The van der Waals surface area contributed by atoms with Crippen molar-refractivity contribution in [3.63, 3.8) is 0 Å². The van der Waals surface area contributed by atoms with Gasteiger partial charge in [0, 0.05) is 12.2 Å². The van der Waals surface area contributed by atoms with Gasteiger partial charge in [0.1, 0.15) is 0 Å². The van der Waals surface area contributed by atoms with Gasteiger partial charge in [-0.2, -0.15) is 0 Å². The first-order valence-electron chi connectivity index (χ1n) is 6.01. The Morgan fingerprint density at radius 3 is 2.26 bits per heavy atom. The van der Waals surface area contributed by atoms with Gasteiger partial charge >= 0.3 is 0 Å². The molecule has 0 spiro atoms. The molecule has 2 aromatic rings. The van der Waals surface area contributed by atoms with E-state index in [4.69, 9.17) is 23.2 Å². The predicted molar refractivity (Wildman–Crippen MR) is 79.8 cm³/mol. The minimum absolute atomic E-state index is 0.0300. The van der Waals surface area contributed by atoms with Crippen LogP contribution in [-0.4, -0.2) is 6.54 Å². The van der Waals surface area contributed by atoms with E-state index < -0.39 is 5.82 Å². The standard InChI is InChI=1S/C15H14Cl2FN/c1-10(11-5-3-2-4-6-11)9-19-12-7-13(16)15(18)14(17)8-12/h2-8,10,19H,9H2,1H3. The molecule has 0 aliphatic rings. The molecule has 0 aliphatic carbocycles. The van der Waals surface area contributed by atoms with E-state index in [1.807, 2.05) is 18.2 Å². The largest absolute Gasteiger partial charge is 0.384 e. The van der Waals surface area contributed by atoms with Gasteiger partial charge in [-0.25, -0.2) is 4.39 Å². The lowest BCUT2D eigenvalue weighted by atomic mass is 10.0. The second-order valence-corrected chi connectivity index (χ2v) is 5.26. The molecule has 1 atom stereocenters. The first kappa shape index (κ1) is 14.2. The van der Waals surface area contributed by atoms with E-state index in [1.165, 1.54) is 5.56 Å². The molecule has 1 N–H and O–H groups in total. The summed E-state index contributed by atoms with van der Waals surface area (Å²) in [6.07, 6.45) is 0. The van der Waals surface area contributed by atoms with Gasteiger partial charge in [0.05, 0.1) is 10.0 Å². The number of hydrogen-bond donors (Lipinski definition) is 1. The molecule has 100 valence electrons. The molecule has 4 heteroatoms. The van der Waals surface area contributed by atoms with Crippen molar-refractivity contribution in [2.75, 3.05) is 11.9 Å². The second kappa shape index (κ2) is 6.27. The van der Waals surface area contributed by atoms with E-state index in [-0.39, 0.29) is 10.0 Å². The fourth-order valence-electron chi connectivity index (χ4n) is 1.83. The molecule has 0 fully saturated rings. The predicted octanol–water partition coefficient (Wildman–Crippen LogP) is 5.35. The fourth-order valence-corrected chi connectivity index (χ4v) is 2.32. The van der Waals surface area contributed by atoms with Gasteiger partial charge in [0.25, 0.3) is 0 Å². The Balaban J connectivity index is 2.03. The minimum Gasteiger partial charge on any atom is -0.384 e. The maximum atomic E-state index is 13.3. The van der Waals surface area contributed by atoms with Gasteiger partial charge in [0.2, 0.25) is 0 Å². The third-order valence-electron chi connectivity index (χ3n) is 2.96. The highest BCUT2D eigenvalue weighted by Gasteiger charge is 2.09. The Morgan fingerprint density at radius 2 is 1.68 bits per heavy atom. The van der Waals surface area contributed by atoms with Gasteiger partial charge in [-0.3, -0.25) is 0 Å². The summed E-state index contributed by atoms with van der Waals surface area (Å²) in [5.74, 6) is -0.242. The highest BCUT2D eigenvalue weighted by molar-refractivity contribution is 6.35. The molecule has 1 unspecified atom stereocenters. The molecule has 1 nitrogen and oxygen atoms in total. The topological polar surface area (TPSA) is 12.0 Å². The lowest BCUT2D eigenvalue weighted by Crippen LogP contribution is -2.09. The zero-order chi connectivity index (χ0) is 13.8. The van der Waals surface area contributed by atoms with Crippen LogP contribution in [0.5, 0.6) is 0 Å². The normalized spacial score (nSPS) is 12.2. The molecule has 0 amide bonds. The van der Waals surface area contributed by atoms with Gasteiger partial charge in [-0.05, 0) is 23.6 Å². The maximum absolute atomic E-state index is 13.3. The molecular weight excluding hydrogens is 284 g/mol. The van der Waals surface area contributed by atoms with Crippen molar-refractivity contribution in [3.8, 4) is 0 Å². The van der Waals surface area contributed by atoms with Crippen molar-refractivity contribution in [2.24, 2.45) is 0 Å². The summed E-state index contributed by atoms with van der Waals surface area (Å²) in [5.41, 5.74) is 1.97. The molecule has 0 saturated heterocycles. The smallest absolute Gasteiger partial charge is 0.160 e. The van der Waals surface area contributed by atoms with Crippen LogP contribution in [0.2, 0.25) is 10.0 Å². The Hall–Kier alpha value is -1.25. The van der Waals surface area contributed by atoms with Crippen LogP contribution >= 0.6 is 23.2 Å². The van der Waals surface area contributed by atoms with Gasteiger partial charge in [-0.1, -0.05) is 60.5 Å². The zero-order valence-corrected chi connectivity index (χ0v) is 12.0. The van der Waals surface area contributed by atoms with Gasteiger partial charge in [0.15, 0.2) is 5.82 Å². The molecule has 0 saturated carbocycles. The summed E-state index contributed by atoms with van der Waals surface area (Å²) in [7, 11) is 0. The second-order valence-electron chi connectivity index (χ2n) is 4.45. The molecule has 0 radical (unpaired) electrons. The van der Waals surface area contributed by atoms with Crippen LogP contribution in [0.25, 0.3) is 0 Å². The van der Waals surface area contributed by atoms with Crippen LogP contribution in [0.4, 0.5) is 10.1 Å². The van der Waals surface area contributed by atoms with Gasteiger partial charge in [-0.15, -0.1) is 0 Å². The Bertz CT molecular complexity index is 534. The average Bonchev–Trinajstić information content (AvgIpc) is 2.43. The van der Waals surface area contributed by atoms with E-state index in [0.717, 1.165) is 12.2 Å². The molecule has 2 aromatic carbocycles. The van der Waals surface area contributed by atoms with E-state index >= 15 is 0 Å². The zero-order valence-electron chi connectivity index (χ0n) is 10.5. The van der Waals surface area contributed by atoms with E-state index in [1.54, 1.807) is 12.1 Å². The van der Waals surface area contributed by atoms with Crippen molar-refractivity contribution >= 4 is 28.9 Å². The number of halogens is 3. The van der Waals surface area contributed by atoms with Crippen LogP contribution in [-0.2, 0) is 0 Å². The summed E-state index contributed by atoms with van der Waals surface area (Å²) in [6, 6.07) is 13.3. The Morgan fingerprint density at radius 1 is 1.11 bits per heavy atom. The number of rotatable bonds is 4. The summed E-state index contributed by atoms with van der Waals surface area (Å²) in [6.45, 7) is 2.84. The molecule has 0 aromatic heterocycles. The van der Waals surface area contributed by atoms with Crippen molar-refractivity contribution < 1.29 is 4.39 Å². The van der Waals surface area contributed by atoms with Crippen molar-refractivity contribution in [3.05, 3.63) is 63.9 Å². The van der Waals surface area contributed by atoms with Crippen LogP contribution in [0.3, 0.4) is 0 Å². The van der Waals surface area contributed by atoms with Crippen LogP contribution in [0, 0.1) is 5.82 Å². The third kappa shape index (κ3) is 3.62. The lowest BCUT2D eigenvalue weighted by molar-refractivity contribution is 0.629. The maximum Gasteiger partial charge on any atom is 0.160 e. The highest BCUT2D eigenvalue weighted by atomic mass is 35.5. The minimum atomic E-state index is -0.579. The molecule has 0 heterocycles. The Labute approximate surface area is 122 Å². The molecule has 0 bridgehead atoms. The molecule has 2 rings (SSSR count).